The van der Waals surface area contributed by atoms with Crippen LogP contribution in [-0.2, 0) is 0 Å². The van der Waals surface area contributed by atoms with Crippen molar-refractivity contribution < 1.29 is 14.7 Å². The molecule has 0 bridgehead atoms. The van der Waals surface area contributed by atoms with Gasteiger partial charge in [-0.1, -0.05) is 23.2 Å². The lowest BCUT2D eigenvalue weighted by Crippen LogP contribution is -2.14. The van der Waals surface area contributed by atoms with Crippen LogP contribution >= 0.6 is 23.2 Å². The van der Waals surface area contributed by atoms with Gasteiger partial charge in [0.2, 0.25) is 0 Å². The number of carbonyl (C=O) groups excluding carboxylic acids is 1. The standard InChI is InChI=1S/C13H10Cl2N2O3/c1-6-11(13(19)20)10(5-16-6)17-12(18)7-2-8(14)4-9(15)3-7/h2-5,16H,1H3,(H,17,18)(H,19,20). The number of rotatable bonds is 3. The molecule has 0 unspecified atom stereocenters. The highest BCUT2D eigenvalue weighted by molar-refractivity contribution is 6.35. The van der Waals surface area contributed by atoms with E-state index in [1.165, 1.54) is 24.4 Å². The fraction of sp³-hybridized carbons (Fsp3) is 0.0769. The van der Waals surface area contributed by atoms with Gasteiger partial charge in [-0.3, -0.25) is 4.79 Å². The first kappa shape index (κ1) is 14.4. The Hall–Kier alpha value is -1.98. The molecule has 104 valence electrons. The number of amides is 1. The third kappa shape index (κ3) is 2.95. The fourth-order valence-electron chi connectivity index (χ4n) is 1.78. The number of nitrogens with one attached hydrogen (secondary N) is 2. The Morgan fingerprint density at radius 1 is 1.20 bits per heavy atom. The van der Waals surface area contributed by atoms with Crippen molar-refractivity contribution in [2.75, 3.05) is 5.32 Å². The van der Waals surface area contributed by atoms with Crippen molar-refractivity contribution in [1.29, 1.82) is 0 Å². The highest BCUT2D eigenvalue weighted by atomic mass is 35.5. The zero-order valence-corrected chi connectivity index (χ0v) is 11.8. The molecule has 20 heavy (non-hydrogen) atoms. The molecule has 2 rings (SSSR count). The van der Waals surface area contributed by atoms with Crippen LogP contribution in [0, 0.1) is 6.92 Å². The average molecular weight is 313 g/mol. The zero-order chi connectivity index (χ0) is 14.9. The van der Waals surface area contributed by atoms with E-state index in [-0.39, 0.29) is 16.8 Å². The molecule has 1 amide bonds. The summed E-state index contributed by atoms with van der Waals surface area (Å²) in [7, 11) is 0. The van der Waals surface area contributed by atoms with Crippen LogP contribution in [0.3, 0.4) is 0 Å². The van der Waals surface area contributed by atoms with E-state index >= 15 is 0 Å². The largest absolute Gasteiger partial charge is 0.478 e. The fourth-order valence-corrected chi connectivity index (χ4v) is 2.31. The molecule has 2 aromatic rings. The maximum Gasteiger partial charge on any atom is 0.339 e. The van der Waals surface area contributed by atoms with E-state index < -0.39 is 11.9 Å². The summed E-state index contributed by atoms with van der Waals surface area (Å²) in [5.41, 5.74) is 0.914. The van der Waals surface area contributed by atoms with Gasteiger partial charge >= 0.3 is 5.97 Å². The maximum absolute atomic E-state index is 12.1. The monoisotopic (exact) mass is 312 g/mol. The van der Waals surface area contributed by atoms with Gasteiger partial charge in [0.1, 0.15) is 5.56 Å². The SMILES string of the molecule is Cc1[nH]cc(NC(=O)c2cc(Cl)cc(Cl)c2)c1C(=O)O. The summed E-state index contributed by atoms with van der Waals surface area (Å²) in [6.45, 7) is 1.61. The third-order valence-electron chi connectivity index (χ3n) is 2.66. The summed E-state index contributed by atoms with van der Waals surface area (Å²) in [6.07, 6.45) is 1.42. The van der Waals surface area contributed by atoms with Crippen LogP contribution in [0.1, 0.15) is 26.4 Å². The number of hydrogen-bond acceptors (Lipinski definition) is 2. The summed E-state index contributed by atoms with van der Waals surface area (Å²) in [6, 6.07) is 4.40. The maximum atomic E-state index is 12.1. The van der Waals surface area contributed by atoms with Gasteiger partial charge in [0.25, 0.3) is 5.91 Å². The molecule has 0 fully saturated rings. The first-order valence-corrected chi connectivity index (χ1v) is 6.33. The van der Waals surface area contributed by atoms with Crippen molar-refractivity contribution in [3.63, 3.8) is 0 Å². The van der Waals surface area contributed by atoms with E-state index in [1.54, 1.807) is 6.92 Å². The van der Waals surface area contributed by atoms with E-state index in [2.05, 4.69) is 10.3 Å². The van der Waals surface area contributed by atoms with Crippen LogP contribution in [0.4, 0.5) is 5.69 Å². The number of hydrogen-bond donors (Lipinski definition) is 3. The van der Waals surface area contributed by atoms with E-state index in [0.717, 1.165) is 0 Å². The van der Waals surface area contributed by atoms with Crippen molar-refractivity contribution in [2.24, 2.45) is 0 Å². The van der Waals surface area contributed by atoms with Gasteiger partial charge < -0.3 is 15.4 Å². The summed E-state index contributed by atoms with van der Waals surface area (Å²) < 4.78 is 0. The number of carbonyl (C=O) groups is 2. The number of aryl methyl sites for hydroxylation is 1. The number of H-pyrrole nitrogens is 1. The normalized spacial score (nSPS) is 10.3. The number of halogens is 2. The Balaban J connectivity index is 2.30. The third-order valence-corrected chi connectivity index (χ3v) is 3.10. The highest BCUT2D eigenvalue weighted by Gasteiger charge is 2.18. The van der Waals surface area contributed by atoms with Crippen LogP contribution in [0.15, 0.2) is 24.4 Å². The quantitative estimate of drug-likeness (QED) is 0.810. The second-order valence-electron chi connectivity index (χ2n) is 4.12. The van der Waals surface area contributed by atoms with Gasteiger partial charge in [0.15, 0.2) is 0 Å². The van der Waals surface area contributed by atoms with Crippen LogP contribution in [0.5, 0.6) is 0 Å². The molecule has 1 aromatic carbocycles. The minimum atomic E-state index is -1.12. The number of aromatic nitrogens is 1. The average Bonchev–Trinajstić information content (AvgIpc) is 2.69. The van der Waals surface area contributed by atoms with Crippen molar-refractivity contribution in [3.8, 4) is 0 Å². The summed E-state index contributed by atoms with van der Waals surface area (Å²) in [5.74, 6) is -1.61. The van der Waals surface area contributed by atoms with Gasteiger partial charge in [-0.2, -0.15) is 0 Å². The molecule has 1 heterocycles. The lowest BCUT2D eigenvalue weighted by atomic mass is 10.2. The topological polar surface area (TPSA) is 82.2 Å². The summed E-state index contributed by atoms with van der Waals surface area (Å²) in [4.78, 5) is 25.9. The Labute approximate surface area is 124 Å². The van der Waals surface area contributed by atoms with Gasteiger partial charge in [0, 0.05) is 27.5 Å². The minimum absolute atomic E-state index is 0.0199. The van der Waals surface area contributed by atoms with Crippen LogP contribution < -0.4 is 5.32 Å². The van der Waals surface area contributed by atoms with Crippen LogP contribution in [0.2, 0.25) is 10.0 Å². The predicted molar refractivity (Wildman–Crippen MR) is 76.9 cm³/mol. The van der Waals surface area contributed by atoms with Gasteiger partial charge in [-0.05, 0) is 25.1 Å². The molecule has 0 aliphatic heterocycles. The summed E-state index contributed by atoms with van der Waals surface area (Å²) in [5, 5.41) is 12.3. The molecule has 7 heteroatoms. The second kappa shape index (κ2) is 5.56. The minimum Gasteiger partial charge on any atom is -0.478 e. The number of aromatic amines is 1. The van der Waals surface area contributed by atoms with Gasteiger partial charge in [-0.15, -0.1) is 0 Å². The Kier molecular flexibility index (Phi) is 4.01. The lowest BCUT2D eigenvalue weighted by Gasteiger charge is -2.06. The van der Waals surface area contributed by atoms with E-state index in [9.17, 15) is 9.59 Å². The number of benzene rings is 1. The molecule has 3 N–H and O–H groups in total. The zero-order valence-electron chi connectivity index (χ0n) is 10.3. The van der Waals surface area contributed by atoms with E-state index in [1.807, 2.05) is 0 Å². The number of carboxylic acids is 1. The molecular formula is C13H10Cl2N2O3. The second-order valence-corrected chi connectivity index (χ2v) is 4.99. The molecule has 0 aliphatic carbocycles. The Bertz CT molecular complexity index is 675. The predicted octanol–water partition coefficient (Wildman–Crippen LogP) is 3.58. The molecule has 5 nitrogen and oxygen atoms in total. The Morgan fingerprint density at radius 3 is 2.35 bits per heavy atom. The first-order valence-electron chi connectivity index (χ1n) is 5.57. The summed E-state index contributed by atoms with van der Waals surface area (Å²) >= 11 is 11.6. The molecule has 0 atom stereocenters. The first-order chi connectivity index (χ1) is 9.38. The van der Waals surface area contributed by atoms with Crippen molar-refractivity contribution >= 4 is 40.8 Å². The van der Waals surface area contributed by atoms with Crippen LogP contribution in [-0.4, -0.2) is 22.0 Å². The van der Waals surface area contributed by atoms with Crippen molar-refractivity contribution in [1.82, 2.24) is 4.98 Å². The molecule has 0 saturated carbocycles. The van der Waals surface area contributed by atoms with E-state index in [0.29, 0.717) is 15.7 Å². The molecular weight excluding hydrogens is 303 g/mol. The number of aromatic carboxylic acids is 1. The molecule has 1 aromatic heterocycles. The molecule has 0 spiro atoms. The van der Waals surface area contributed by atoms with Crippen LogP contribution in [0.25, 0.3) is 0 Å². The molecule has 0 saturated heterocycles. The number of anilines is 1. The van der Waals surface area contributed by atoms with Gasteiger partial charge in [-0.25, -0.2) is 4.79 Å². The number of carboxylic acid groups (broad SMARTS) is 1. The van der Waals surface area contributed by atoms with Crippen molar-refractivity contribution in [3.05, 3.63) is 51.3 Å². The highest BCUT2D eigenvalue weighted by Crippen LogP contribution is 2.22. The van der Waals surface area contributed by atoms with Crippen molar-refractivity contribution in [2.45, 2.75) is 6.92 Å². The molecule has 0 aliphatic rings. The Morgan fingerprint density at radius 2 is 1.80 bits per heavy atom. The van der Waals surface area contributed by atoms with Gasteiger partial charge in [0.05, 0.1) is 5.69 Å². The lowest BCUT2D eigenvalue weighted by molar-refractivity contribution is 0.0697. The molecule has 0 radical (unpaired) electrons. The van der Waals surface area contributed by atoms with E-state index in [4.69, 9.17) is 28.3 Å². The smallest absolute Gasteiger partial charge is 0.339 e.